The van der Waals surface area contributed by atoms with Crippen molar-refractivity contribution >= 4 is 5.97 Å². The maximum absolute atomic E-state index is 12.2. The first-order valence-electron chi connectivity index (χ1n) is 5.89. The van der Waals surface area contributed by atoms with Crippen molar-refractivity contribution in [3.8, 4) is 0 Å². The molecule has 17 heavy (non-hydrogen) atoms. The summed E-state index contributed by atoms with van der Waals surface area (Å²) in [4.78, 5) is 11.8. The molecule has 6 heteroatoms. The first kappa shape index (κ1) is 14.3. The highest BCUT2D eigenvalue weighted by atomic mass is 19.4. The Morgan fingerprint density at radius 1 is 1.29 bits per heavy atom. The van der Waals surface area contributed by atoms with Gasteiger partial charge in [0.2, 0.25) is 0 Å². The van der Waals surface area contributed by atoms with Crippen molar-refractivity contribution in [3.05, 3.63) is 0 Å². The third kappa shape index (κ3) is 4.18. The second kappa shape index (κ2) is 5.71. The van der Waals surface area contributed by atoms with Crippen LogP contribution in [0.5, 0.6) is 0 Å². The van der Waals surface area contributed by atoms with Crippen molar-refractivity contribution in [1.29, 1.82) is 0 Å². The Bertz CT molecular complexity index is 260. The van der Waals surface area contributed by atoms with Crippen LogP contribution in [0.25, 0.3) is 0 Å². The minimum absolute atomic E-state index is 0.189. The molecular formula is C11H18F3NO2. The van der Waals surface area contributed by atoms with E-state index in [0.717, 1.165) is 19.3 Å². The molecule has 0 aromatic carbocycles. The summed E-state index contributed by atoms with van der Waals surface area (Å²) in [7, 11) is 0. The number of ether oxygens (including phenoxy) is 1. The predicted molar refractivity (Wildman–Crippen MR) is 56.5 cm³/mol. The van der Waals surface area contributed by atoms with Gasteiger partial charge in [0, 0.05) is 0 Å². The molecule has 1 fully saturated rings. The lowest BCUT2D eigenvalue weighted by atomic mass is 9.81. The van der Waals surface area contributed by atoms with Crippen molar-refractivity contribution in [2.24, 2.45) is 0 Å². The molecule has 0 aromatic heterocycles. The fourth-order valence-electron chi connectivity index (χ4n) is 2.15. The third-order valence-electron chi connectivity index (χ3n) is 3.00. The van der Waals surface area contributed by atoms with E-state index in [1.807, 2.05) is 0 Å². The molecule has 0 heterocycles. The normalized spacial score (nSPS) is 20.0. The molecule has 1 rings (SSSR count). The zero-order valence-electron chi connectivity index (χ0n) is 9.90. The lowest BCUT2D eigenvalue weighted by Gasteiger charge is -2.36. The van der Waals surface area contributed by atoms with E-state index in [0.29, 0.717) is 12.8 Å². The highest BCUT2D eigenvalue weighted by Gasteiger charge is 2.43. The van der Waals surface area contributed by atoms with Gasteiger partial charge < -0.3 is 4.74 Å². The van der Waals surface area contributed by atoms with Gasteiger partial charge in [-0.3, -0.25) is 10.1 Å². The summed E-state index contributed by atoms with van der Waals surface area (Å²) >= 11 is 0. The van der Waals surface area contributed by atoms with Gasteiger partial charge in [0.25, 0.3) is 0 Å². The zero-order valence-corrected chi connectivity index (χ0v) is 9.90. The number of esters is 1. The van der Waals surface area contributed by atoms with E-state index in [1.54, 1.807) is 6.92 Å². The molecule has 0 atom stereocenters. The summed E-state index contributed by atoms with van der Waals surface area (Å²) in [6.07, 6.45) is -1.01. The minimum atomic E-state index is -4.31. The fourth-order valence-corrected chi connectivity index (χ4v) is 2.15. The molecule has 0 unspecified atom stereocenters. The predicted octanol–water partition coefficient (Wildman–Crippen LogP) is 2.40. The van der Waals surface area contributed by atoms with Gasteiger partial charge in [-0.25, -0.2) is 0 Å². The van der Waals surface area contributed by atoms with Crippen LogP contribution in [0.15, 0.2) is 0 Å². The van der Waals surface area contributed by atoms with Crippen LogP contribution in [0, 0.1) is 0 Å². The lowest BCUT2D eigenvalue weighted by Crippen LogP contribution is -2.56. The zero-order chi connectivity index (χ0) is 12.9. The Morgan fingerprint density at radius 3 is 2.35 bits per heavy atom. The molecule has 1 aliphatic rings. The lowest BCUT2D eigenvalue weighted by molar-refractivity contribution is -0.157. The van der Waals surface area contributed by atoms with E-state index >= 15 is 0 Å². The summed E-state index contributed by atoms with van der Waals surface area (Å²) < 4.78 is 41.5. The standard InChI is InChI=1S/C11H18F3NO2/c1-2-17-9(16)10(6-4-3-5-7-10)15-8-11(12,13)14/h15H,2-8H2,1H3. The highest BCUT2D eigenvalue weighted by molar-refractivity contribution is 5.81. The molecule has 0 radical (unpaired) electrons. The van der Waals surface area contributed by atoms with Gasteiger partial charge in [-0.05, 0) is 19.8 Å². The van der Waals surface area contributed by atoms with Gasteiger partial charge in [0.1, 0.15) is 5.54 Å². The van der Waals surface area contributed by atoms with E-state index in [4.69, 9.17) is 4.74 Å². The van der Waals surface area contributed by atoms with Gasteiger partial charge in [0.05, 0.1) is 13.2 Å². The molecule has 0 aromatic rings. The van der Waals surface area contributed by atoms with E-state index < -0.39 is 24.2 Å². The SMILES string of the molecule is CCOC(=O)C1(NCC(F)(F)F)CCCCC1. The molecule has 1 aliphatic carbocycles. The monoisotopic (exact) mass is 253 g/mol. The van der Waals surface area contributed by atoms with Gasteiger partial charge in [0.15, 0.2) is 0 Å². The fraction of sp³-hybridized carbons (Fsp3) is 0.909. The molecule has 0 bridgehead atoms. The Morgan fingerprint density at radius 2 is 1.88 bits per heavy atom. The molecule has 3 nitrogen and oxygen atoms in total. The van der Waals surface area contributed by atoms with E-state index in [1.165, 1.54) is 0 Å². The van der Waals surface area contributed by atoms with Gasteiger partial charge in [-0.2, -0.15) is 13.2 Å². The third-order valence-corrected chi connectivity index (χ3v) is 3.00. The van der Waals surface area contributed by atoms with Crippen LogP contribution < -0.4 is 5.32 Å². The number of halogens is 3. The van der Waals surface area contributed by atoms with Gasteiger partial charge >= 0.3 is 12.1 Å². The van der Waals surface area contributed by atoms with Crippen molar-refractivity contribution in [2.45, 2.75) is 50.7 Å². The van der Waals surface area contributed by atoms with Crippen LogP contribution in [0.3, 0.4) is 0 Å². The summed E-state index contributed by atoms with van der Waals surface area (Å²) in [6, 6.07) is 0. The van der Waals surface area contributed by atoms with E-state index in [9.17, 15) is 18.0 Å². The van der Waals surface area contributed by atoms with Crippen molar-refractivity contribution in [3.63, 3.8) is 0 Å². The van der Waals surface area contributed by atoms with Gasteiger partial charge in [-0.1, -0.05) is 19.3 Å². The summed E-state index contributed by atoms with van der Waals surface area (Å²) in [5.74, 6) is -0.552. The van der Waals surface area contributed by atoms with Crippen molar-refractivity contribution in [2.75, 3.05) is 13.2 Å². The number of carbonyl (C=O) groups is 1. The first-order valence-corrected chi connectivity index (χ1v) is 5.89. The quantitative estimate of drug-likeness (QED) is 0.782. The number of hydrogen-bond acceptors (Lipinski definition) is 3. The van der Waals surface area contributed by atoms with Crippen molar-refractivity contribution in [1.82, 2.24) is 5.32 Å². The van der Waals surface area contributed by atoms with Gasteiger partial charge in [-0.15, -0.1) is 0 Å². The Kier molecular flexibility index (Phi) is 4.80. The number of rotatable bonds is 4. The smallest absolute Gasteiger partial charge is 0.401 e. The first-order chi connectivity index (χ1) is 7.90. The average Bonchev–Trinajstić information content (AvgIpc) is 2.27. The Balaban J connectivity index is 2.68. The summed E-state index contributed by atoms with van der Waals surface area (Å²) in [5.41, 5.74) is -1.14. The Labute approximate surface area is 98.7 Å². The molecule has 1 N–H and O–H groups in total. The van der Waals surface area contributed by atoms with Crippen LogP contribution in [0.4, 0.5) is 13.2 Å². The topological polar surface area (TPSA) is 38.3 Å². The second-order valence-corrected chi connectivity index (χ2v) is 4.33. The maximum Gasteiger partial charge on any atom is 0.401 e. The largest absolute Gasteiger partial charge is 0.465 e. The average molecular weight is 253 g/mol. The van der Waals surface area contributed by atoms with Crippen molar-refractivity contribution < 1.29 is 22.7 Å². The molecule has 0 saturated heterocycles. The molecule has 100 valence electrons. The number of alkyl halides is 3. The maximum atomic E-state index is 12.2. The minimum Gasteiger partial charge on any atom is -0.465 e. The molecule has 0 aliphatic heterocycles. The molecular weight excluding hydrogens is 235 g/mol. The van der Waals surface area contributed by atoms with Crippen LogP contribution >= 0.6 is 0 Å². The van der Waals surface area contributed by atoms with Crippen LogP contribution in [0.1, 0.15) is 39.0 Å². The van der Waals surface area contributed by atoms with Crippen LogP contribution in [0.2, 0.25) is 0 Å². The number of nitrogens with one attached hydrogen (secondary N) is 1. The number of hydrogen-bond donors (Lipinski definition) is 1. The van der Waals surface area contributed by atoms with Crippen LogP contribution in [-0.4, -0.2) is 30.8 Å². The highest BCUT2D eigenvalue weighted by Crippen LogP contribution is 2.30. The summed E-state index contributed by atoms with van der Waals surface area (Å²) in [6.45, 7) is 0.693. The van der Waals surface area contributed by atoms with Crippen LogP contribution in [-0.2, 0) is 9.53 Å². The van der Waals surface area contributed by atoms with E-state index in [2.05, 4.69) is 5.32 Å². The molecule has 1 saturated carbocycles. The number of carbonyl (C=O) groups excluding carboxylic acids is 1. The Hall–Kier alpha value is -0.780. The summed E-state index contributed by atoms with van der Waals surface area (Å²) in [5, 5.41) is 2.36. The second-order valence-electron chi connectivity index (χ2n) is 4.33. The van der Waals surface area contributed by atoms with E-state index in [-0.39, 0.29) is 6.61 Å². The molecule has 0 amide bonds. The molecule has 0 spiro atoms.